The summed E-state index contributed by atoms with van der Waals surface area (Å²) in [6.07, 6.45) is 5.52. The van der Waals surface area contributed by atoms with Crippen molar-refractivity contribution in [2.75, 3.05) is 0 Å². The molecule has 0 radical (unpaired) electrons. The van der Waals surface area contributed by atoms with E-state index in [9.17, 15) is 0 Å². The first-order valence-corrected chi connectivity index (χ1v) is 7.59. The van der Waals surface area contributed by atoms with Crippen LogP contribution in [0.4, 0.5) is 0 Å². The Balaban J connectivity index is 2.08. The lowest BCUT2D eigenvalue weighted by Crippen LogP contribution is -1.89. The minimum atomic E-state index is 1.03. The zero-order valence-electron chi connectivity index (χ0n) is 10.9. The molecule has 0 amide bonds. The van der Waals surface area contributed by atoms with Gasteiger partial charge in [-0.3, -0.25) is 0 Å². The molecule has 1 aliphatic carbocycles. The zero-order chi connectivity index (χ0) is 13.5. The summed E-state index contributed by atoms with van der Waals surface area (Å²) in [6.45, 7) is 0. The standard InChI is InChI=1S/C19H13Br/c20-15-11-14-7-4-9-17(14)19(12-15)18-10-3-6-13-5-1-2-8-16(13)18/h1-6,8-12H,7H2. The first kappa shape index (κ1) is 11.9. The average molecular weight is 321 g/mol. The van der Waals surface area contributed by atoms with E-state index in [4.69, 9.17) is 0 Å². The van der Waals surface area contributed by atoms with Gasteiger partial charge in [0.15, 0.2) is 0 Å². The van der Waals surface area contributed by atoms with Crippen molar-refractivity contribution >= 4 is 32.8 Å². The van der Waals surface area contributed by atoms with Gasteiger partial charge in [0, 0.05) is 4.47 Å². The van der Waals surface area contributed by atoms with Crippen LogP contribution in [-0.4, -0.2) is 0 Å². The maximum absolute atomic E-state index is 3.65. The zero-order valence-corrected chi connectivity index (χ0v) is 12.5. The molecular weight excluding hydrogens is 308 g/mol. The second-order valence-corrected chi connectivity index (χ2v) is 6.08. The predicted molar refractivity (Wildman–Crippen MR) is 89.8 cm³/mol. The van der Waals surface area contributed by atoms with Crippen LogP contribution >= 0.6 is 15.9 Å². The molecule has 96 valence electrons. The third-order valence-corrected chi connectivity index (χ3v) is 4.39. The van der Waals surface area contributed by atoms with Crippen LogP contribution < -0.4 is 0 Å². The molecule has 1 aliphatic rings. The molecule has 0 fully saturated rings. The van der Waals surface area contributed by atoms with Crippen molar-refractivity contribution in [2.24, 2.45) is 0 Å². The molecule has 0 aliphatic heterocycles. The Hall–Kier alpha value is -1.86. The van der Waals surface area contributed by atoms with Crippen molar-refractivity contribution in [3.8, 4) is 11.1 Å². The molecule has 0 saturated carbocycles. The molecule has 0 heterocycles. The van der Waals surface area contributed by atoms with Gasteiger partial charge in [0.05, 0.1) is 0 Å². The van der Waals surface area contributed by atoms with E-state index in [1.165, 1.54) is 33.0 Å². The van der Waals surface area contributed by atoms with Crippen LogP contribution in [0.15, 0.2) is 65.1 Å². The van der Waals surface area contributed by atoms with Gasteiger partial charge in [0.25, 0.3) is 0 Å². The second kappa shape index (κ2) is 4.60. The van der Waals surface area contributed by atoms with E-state index < -0.39 is 0 Å². The number of hydrogen-bond acceptors (Lipinski definition) is 0. The molecule has 0 spiro atoms. The van der Waals surface area contributed by atoms with Gasteiger partial charge in [0.1, 0.15) is 0 Å². The monoisotopic (exact) mass is 320 g/mol. The molecule has 0 bridgehead atoms. The highest BCUT2D eigenvalue weighted by atomic mass is 79.9. The lowest BCUT2D eigenvalue weighted by molar-refractivity contribution is 1.30. The van der Waals surface area contributed by atoms with Crippen molar-refractivity contribution < 1.29 is 0 Å². The molecule has 0 saturated heterocycles. The third kappa shape index (κ3) is 1.82. The minimum Gasteiger partial charge on any atom is -0.0795 e. The van der Waals surface area contributed by atoms with E-state index in [2.05, 4.69) is 82.7 Å². The van der Waals surface area contributed by atoms with Crippen molar-refractivity contribution in [3.63, 3.8) is 0 Å². The van der Waals surface area contributed by atoms with Crippen LogP contribution in [0.3, 0.4) is 0 Å². The number of hydrogen-bond donors (Lipinski definition) is 0. The smallest absolute Gasteiger partial charge is 0.0184 e. The first-order chi connectivity index (χ1) is 9.83. The normalized spacial score (nSPS) is 12.8. The van der Waals surface area contributed by atoms with Gasteiger partial charge < -0.3 is 0 Å². The number of rotatable bonds is 1. The Morgan fingerprint density at radius 2 is 1.70 bits per heavy atom. The topological polar surface area (TPSA) is 0 Å². The van der Waals surface area contributed by atoms with Crippen molar-refractivity contribution in [3.05, 3.63) is 76.3 Å². The van der Waals surface area contributed by atoms with Gasteiger partial charge in [-0.15, -0.1) is 0 Å². The maximum atomic E-state index is 3.65. The Morgan fingerprint density at radius 3 is 2.65 bits per heavy atom. The van der Waals surface area contributed by atoms with Gasteiger partial charge in [-0.2, -0.15) is 0 Å². The van der Waals surface area contributed by atoms with Crippen molar-refractivity contribution in [1.29, 1.82) is 0 Å². The molecule has 0 atom stereocenters. The van der Waals surface area contributed by atoms with E-state index in [-0.39, 0.29) is 0 Å². The summed E-state index contributed by atoms with van der Waals surface area (Å²) in [5.74, 6) is 0. The average Bonchev–Trinajstić information content (AvgIpc) is 2.94. The van der Waals surface area contributed by atoms with Gasteiger partial charge in [0.2, 0.25) is 0 Å². The van der Waals surface area contributed by atoms with Gasteiger partial charge in [-0.05, 0) is 51.6 Å². The molecule has 0 unspecified atom stereocenters. The molecule has 3 aromatic carbocycles. The summed E-state index contributed by atoms with van der Waals surface area (Å²) < 4.78 is 1.16. The number of halogens is 1. The van der Waals surface area contributed by atoms with Gasteiger partial charge in [-0.1, -0.05) is 70.5 Å². The molecule has 4 rings (SSSR count). The molecule has 20 heavy (non-hydrogen) atoms. The SMILES string of the molecule is Brc1cc2c(c(-c3cccc4ccccc34)c1)C=CC2. The lowest BCUT2D eigenvalue weighted by Gasteiger charge is -2.12. The fourth-order valence-corrected chi connectivity index (χ4v) is 3.53. The summed E-state index contributed by atoms with van der Waals surface area (Å²) >= 11 is 3.65. The Bertz CT molecular complexity index is 838. The summed E-state index contributed by atoms with van der Waals surface area (Å²) in [6, 6.07) is 19.6. The van der Waals surface area contributed by atoms with Crippen LogP contribution in [0, 0.1) is 0 Å². The van der Waals surface area contributed by atoms with Gasteiger partial charge in [-0.25, -0.2) is 0 Å². The lowest BCUT2D eigenvalue weighted by atomic mass is 9.93. The molecule has 1 heteroatoms. The number of benzene rings is 3. The van der Waals surface area contributed by atoms with Crippen molar-refractivity contribution in [1.82, 2.24) is 0 Å². The van der Waals surface area contributed by atoms with Crippen LogP contribution in [-0.2, 0) is 6.42 Å². The highest BCUT2D eigenvalue weighted by Gasteiger charge is 2.14. The molecular formula is C19H13Br. The second-order valence-electron chi connectivity index (χ2n) is 5.16. The molecule has 0 aromatic heterocycles. The quantitative estimate of drug-likeness (QED) is 0.528. The number of allylic oxidation sites excluding steroid dienone is 1. The highest BCUT2D eigenvalue weighted by Crippen LogP contribution is 2.37. The van der Waals surface area contributed by atoms with E-state index in [1.54, 1.807) is 0 Å². The van der Waals surface area contributed by atoms with Crippen molar-refractivity contribution in [2.45, 2.75) is 6.42 Å². The first-order valence-electron chi connectivity index (χ1n) is 6.80. The summed E-state index contributed by atoms with van der Waals surface area (Å²) in [7, 11) is 0. The Labute approximate surface area is 126 Å². The van der Waals surface area contributed by atoms with Gasteiger partial charge >= 0.3 is 0 Å². The summed E-state index contributed by atoms with van der Waals surface area (Å²) in [4.78, 5) is 0. The third-order valence-electron chi connectivity index (χ3n) is 3.93. The van der Waals surface area contributed by atoms with Crippen LogP contribution in [0.25, 0.3) is 28.0 Å². The fourth-order valence-electron chi connectivity index (χ4n) is 3.03. The maximum Gasteiger partial charge on any atom is 0.0184 e. The van der Waals surface area contributed by atoms with E-state index >= 15 is 0 Å². The summed E-state index contributed by atoms with van der Waals surface area (Å²) in [5, 5.41) is 2.61. The minimum absolute atomic E-state index is 1.03. The molecule has 0 N–H and O–H groups in total. The van der Waals surface area contributed by atoms with E-state index in [0.29, 0.717) is 0 Å². The fraction of sp³-hybridized carbons (Fsp3) is 0.0526. The van der Waals surface area contributed by atoms with Crippen LogP contribution in [0.5, 0.6) is 0 Å². The van der Waals surface area contributed by atoms with Crippen LogP contribution in [0.1, 0.15) is 11.1 Å². The molecule has 0 nitrogen and oxygen atoms in total. The highest BCUT2D eigenvalue weighted by molar-refractivity contribution is 9.10. The number of fused-ring (bicyclic) bond motifs is 2. The largest absolute Gasteiger partial charge is 0.0795 e. The Kier molecular flexibility index (Phi) is 2.75. The molecule has 3 aromatic rings. The van der Waals surface area contributed by atoms with E-state index in [0.717, 1.165) is 10.9 Å². The van der Waals surface area contributed by atoms with Crippen LogP contribution in [0.2, 0.25) is 0 Å². The van der Waals surface area contributed by atoms with E-state index in [1.807, 2.05) is 0 Å². The Morgan fingerprint density at radius 1 is 0.850 bits per heavy atom. The predicted octanol–water partition coefficient (Wildman–Crippen LogP) is 5.84. The summed E-state index contributed by atoms with van der Waals surface area (Å²) in [5.41, 5.74) is 5.40.